The van der Waals surface area contributed by atoms with E-state index in [9.17, 15) is 0 Å². The highest BCUT2D eigenvalue weighted by Crippen LogP contribution is 2.23. The monoisotopic (exact) mass is 295 g/mol. The van der Waals surface area contributed by atoms with Gasteiger partial charge in [-0.2, -0.15) is 4.99 Å². The van der Waals surface area contributed by atoms with Crippen molar-refractivity contribution in [3.05, 3.63) is 46.2 Å². The van der Waals surface area contributed by atoms with Gasteiger partial charge in [-0.1, -0.05) is 6.08 Å². The van der Waals surface area contributed by atoms with E-state index in [2.05, 4.69) is 43.4 Å². The summed E-state index contributed by atoms with van der Waals surface area (Å²) >= 11 is 2.15. The van der Waals surface area contributed by atoms with E-state index in [1.54, 1.807) is 24.5 Å². The van der Waals surface area contributed by atoms with Crippen molar-refractivity contribution in [2.75, 3.05) is 0 Å². The third kappa shape index (κ3) is 1.97. The number of nitrogens with zero attached hydrogens (tertiary/aromatic N) is 3. The van der Waals surface area contributed by atoms with Crippen molar-refractivity contribution in [2.24, 2.45) is 4.99 Å². The molecular formula is C10H6IN3. The van der Waals surface area contributed by atoms with Crippen molar-refractivity contribution in [1.82, 2.24) is 9.97 Å². The van der Waals surface area contributed by atoms with Gasteiger partial charge in [-0.05, 0) is 46.7 Å². The van der Waals surface area contributed by atoms with Crippen LogP contribution in [0.3, 0.4) is 0 Å². The molecular weight excluding hydrogens is 289 g/mol. The van der Waals surface area contributed by atoms with E-state index in [1.165, 1.54) is 0 Å². The summed E-state index contributed by atoms with van der Waals surface area (Å²) in [6, 6.07) is 1.79. The minimum absolute atomic E-state index is 0.689. The van der Waals surface area contributed by atoms with Gasteiger partial charge in [0.2, 0.25) is 0 Å². The standard InChI is InChI=1S/C10H6IN3/c11-9-8(4-1-2-5-12-9)10-13-6-3-7-14-10/h1-4,6-7H. The molecule has 1 aliphatic heterocycles. The fraction of sp³-hybridized carbons (Fsp3) is 0. The van der Waals surface area contributed by atoms with Gasteiger partial charge in [0, 0.05) is 12.4 Å². The van der Waals surface area contributed by atoms with Gasteiger partial charge in [-0.15, -0.1) is 0 Å². The van der Waals surface area contributed by atoms with Crippen LogP contribution in [0.25, 0.3) is 5.57 Å². The lowest BCUT2D eigenvalue weighted by Crippen LogP contribution is -1.91. The SMILES string of the molecule is IC1=C(c2ncccn2)C=CC=C=N1. The largest absolute Gasteiger partial charge is 0.237 e. The lowest BCUT2D eigenvalue weighted by atomic mass is 10.2. The Morgan fingerprint density at radius 2 is 2.00 bits per heavy atom. The smallest absolute Gasteiger partial charge is 0.161 e. The molecule has 0 saturated carbocycles. The molecule has 0 fully saturated rings. The van der Waals surface area contributed by atoms with E-state index >= 15 is 0 Å². The zero-order valence-electron chi connectivity index (χ0n) is 7.18. The minimum atomic E-state index is 0.689. The molecule has 0 amide bonds. The fourth-order valence-corrected chi connectivity index (χ4v) is 1.58. The van der Waals surface area contributed by atoms with Crippen molar-refractivity contribution in [3.8, 4) is 0 Å². The first-order chi connectivity index (χ1) is 6.88. The van der Waals surface area contributed by atoms with Crippen molar-refractivity contribution < 1.29 is 0 Å². The second kappa shape index (κ2) is 4.30. The van der Waals surface area contributed by atoms with E-state index in [4.69, 9.17) is 0 Å². The number of rotatable bonds is 1. The Hall–Kier alpha value is -1.26. The lowest BCUT2D eigenvalue weighted by Gasteiger charge is -1.99. The quantitative estimate of drug-likeness (QED) is 0.589. The van der Waals surface area contributed by atoms with Gasteiger partial charge in [-0.25, -0.2) is 9.97 Å². The normalized spacial score (nSPS) is 14.6. The Kier molecular flexibility index (Phi) is 2.86. The van der Waals surface area contributed by atoms with Gasteiger partial charge in [0.25, 0.3) is 0 Å². The maximum Gasteiger partial charge on any atom is 0.161 e. The van der Waals surface area contributed by atoms with Crippen LogP contribution >= 0.6 is 22.6 Å². The van der Waals surface area contributed by atoms with Gasteiger partial charge in [0.05, 0.1) is 5.57 Å². The highest BCUT2D eigenvalue weighted by molar-refractivity contribution is 14.1. The summed E-state index contributed by atoms with van der Waals surface area (Å²) in [7, 11) is 0. The van der Waals surface area contributed by atoms with Gasteiger partial charge in [-0.3, -0.25) is 0 Å². The predicted molar refractivity (Wildman–Crippen MR) is 64.1 cm³/mol. The molecule has 0 aromatic carbocycles. The van der Waals surface area contributed by atoms with E-state index in [1.807, 2.05) is 12.2 Å². The molecule has 0 radical (unpaired) electrons. The van der Waals surface area contributed by atoms with E-state index in [-0.39, 0.29) is 0 Å². The minimum Gasteiger partial charge on any atom is -0.237 e. The molecule has 2 rings (SSSR count). The second-order valence-electron chi connectivity index (χ2n) is 2.54. The van der Waals surface area contributed by atoms with Gasteiger partial charge in [0.15, 0.2) is 5.82 Å². The van der Waals surface area contributed by atoms with Crippen LogP contribution < -0.4 is 0 Å². The summed E-state index contributed by atoms with van der Waals surface area (Å²) in [5.74, 6) is 3.48. The number of hydrogen-bond acceptors (Lipinski definition) is 3. The molecule has 0 atom stereocenters. The van der Waals surface area contributed by atoms with Crippen molar-refractivity contribution in [1.29, 1.82) is 0 Å². The molecule has 1 aliphatic rings. The Balaban J connectivity index is 2.50. The van der Waals surface area contributed by atoms with Crippen LogP contribution in [0, 0.1) is 0 Å². The lowest BCUT2D eigenvalue weighted by molar-refractivity contribution is 1.12. The van der Waals surface area contributed by atoms with E-state index < -0.39 is 0 Å². The number of allylic oxidation sites excluding steroid dienone is 4. The average molecular weight is 295 g/mol. The third-order valence-electron chi connectivity index (χ3n) is 1.63. The first kappa shape index (κ1) is 9.30. The summed E-state index contributed by atoms with van der Waals surface area (Å²) in [5, 5.41) is 0. The molecule has 4 heteroatoms. The number of aliphatic imine (C=N–C) groups is 1. The third-order valence-corrected chi connectivity index (χ3v) is 2.45. The average Bonchev–Trinajstić information content (AvgIpc) is 2.44. The van der Waals surface area contributed by atoms with Crippen molar-refractivity contribution in [3.63, 3.8) is 0 Å². The van der Waals surface area contributed by atoms with Crippen LogP contribution in [0.5, 0.6) is 0 Å². The summed E-state index contributed by atoms with van der Waals surface area (Å²) in [6.07, 6.45) is 9.00. The number of aromatic nitrogens is 2. The zero-order chi connectivity index (χ0) is 9.80. The van der Waals surface area contributed by atoms with Crippen LogP contribution in [0.2, 0.25) is 0 Å². The predicted octanol–water partition coefficient (Wildman–Crippen LogP) is 2.38. The molecule has 0 N–H and O–H groups in total. The van der Waals surface area contributed by atoms with Crippen LogP contribution in [-0.4, -0.2) is 15.8 Å². The summed E-state index contributed by atoms with van der Waals surface area (Å²) in [6.45, 7) is 0. The Morgan fingerprint density at radius 1 is 1.21 bits per heavy atom. The fourth-order valence-electron chi connectivity index (χ4n) is 1.02. The summed E-state index contributed by atoms with van der Waals surface area (Å²) in [4.78, 5) is 12.4. The van der Waals surface area contributed by atoms with Crippen LogP contribution in [-0.2, 0) is 0 Å². The number of halogens is 1. The summed E-state index contributed by atoms with van der Waals surface area (Å²) < 4.78 is 0.846. The second-order valence-corrected chi connectivity index (χ2v) is 3.57. The molecule has 14 heavy (non-hydrogen) atoms. The molecule has 0 aliphatic carbocycles. The molecule has 0 bridgehead atoms. The highest BCUT2D eigenvalue weighted by atomic mass is 127. The van der Waals surface area contributed by atoms with Crippen LogP contribution in [0.1, 0.15) is 5.82 Å². The van der Waals surface area contributed by atoms with Crippen molar-refractivity contribution >= 4 is 34.0 Å². The molecule has 0 saturated heterocycles. The highest BCUT2D eigenvalue weighted by Gasteiger charge is 2.06. The topological polar surface area (TPSA) is 38.1 Å². The molecule has 1 aromatic heterocycles. The maximum absolute atomic E-state index is 4.17. The molecule has 2 heterocycles. The Bertz CT molecular complexity index is 454. The molecule has 68 valence electrons. The Morgan fingerprint density at radius 3 is 2.79 bits per heavy atom. The van der Waals surface area contributed by atoms with Crippen LogP contribution in [0.15, 0.2) is 45.4 Å². The van der Waals surface area contributed by atoms with Crippen LogP contribution in [0.4, 0.5) is 0 Å². The molecule has 1 aromatic rings. The van der Waals surface area contributed by atoms with E-state index in [0.29, 0.717) is 5.82 Å². The summed E-state index contributed by atoms with van der Waals surface area (Å²) in [5.41, 5.74) is 0.924. The zero-order valence-corrected chi connectivity index (χ0v) is 9.34. The van der Waals surface area contributed by atoms with Crippen molar-refractivity contribution in [2.45, 2.75) is 0 Å². The first-order valence-corrected chi connectivity index (χ1v) is 5.09. The van der Waals surface area contributed by atoms with E-state index in [0.717, 1.165) is 9.28 Å². The molecule has 0 unspecified atom stereocenters. The van der Waals surface area contributed by atoms with Gasteiger partial charge >= 0.3 is 0 Å². The van der Waals surface area contributed by atoms with Gasteiger partial charge in [0.1, 0.15) is 3.70 Å². The first-order valence-electron chi connectivity index (χ1n) is 4.01. The van der Waals surface area contributed by atoms with Gasteiger partial charge < -0.3 is 0 Å². The number of hydrogen-bond donors (Lipinski definition) is 0. The molecule has 0 spiro atoms. The molecule has 3 nitrogen and oxygen atoms in total. The maximum atomic E-state index is 4.17. The Labute approximate surface area is 95.1 Å².